The largest absolute Gasteiger partial charge is 0.409 e. The number of carbonyl (C=O) groups excluding carboxylic acids is 1. The summed E-state index contributed by atoms with van der Waals surface area (Å²) in [5.41, 5.74) is 5.95. The summed E-state index contributed by atoms with van der Waals surface area (Å²) in [7, 11) is 0. The van der Waals surface area contributed by atoms with Crippen molar-refractivity contribution in [2.75, 3.05) is 11.9 Å². The first-order valence-corrected chi connectivity index (χ1v) is 6.08. The van der Waals surface area contributed by atoms with Crippen molar-refractivity contribution in [3.05, 3.63) is 29.8 Å². The number of hydrogen-bond acceptors (Lipinski definition) is 4. The molecule has 1 aliphatic heterocycles. The van der Waals surface area contributed by atoms with Crippen LogP contribution in [0.15, 0.2) is 29.4 Å². The Balaban J connectivity index is 2.05. The number of nitrogens with zero attached hydrogens (tertiary/aromatic N) is 1. The first-order chi connectivity index (χ1) is 9.05. The lowest BCUT2D eigenvalue weighted by Gasteiger charge is -2.21. The summed E-state index contributed by atoms with van der Waals surface area (Å²) < 4.78 is 5.47. The van der Waals surface area contributed by atoms with E-state index in [4.69, 9.17) is 15.7 Å². The van der Waals surface area contributed by atoms with Crippen molar-refractivity contribution in [1.29, 1.82) is 0 Å². The van der Waals surface area contributed by atoms with E-state index >= 15 is 0 Å². The van der Waals surface area contributed by atoms with E-state index < -0.39 is 5.60 Å². The molecule has 1 heterocycles. The average molecular weight is 263 g/mol. The number of anilines is 1. The van der Waals surface area contributed by atoms with Crippen molar-refractivity contribution >= 4 is 17.4 Å². The molecule has 1 aromatic carbocycles. The minimum Gasteiger partial charge on any atom is -0.409 e. The Hall–Kier alpha value is -2.08. The molecule has 0 radical (unpaired) electrons. The highest BCUT2D eigenvalue weighted by atomic mass is 16.5. The van der Waals surface area contributed by atoms with Crippen LogP contribution >= 0.6 is 0 Å². The normalized spacial score (nSPS) is 23.3. The van der Waals surface area contributed by atoms with Gasteiger partial charge in [-0.1, -0.05) is 5.16 Å². The number of carbonyl (C=O) groups is 1. The first-order valence-electron chi connectivity index (χ1n) is 6.08. The quantitative estimate of drug-likeness (QED) is 0.331. The second kappa shape index (κ2) is 5.27. The number of amidine groups is 1. The molecule has 1 aromatic rings. The van der Waals surface area contributed by atoms with Crippen molar-refractivity contribution in [2.45, 2.75) is 25.4 Å². The molecule has 1 atom stereocenters. The van der Waals surface area contributed by atoms with Crippen LogP contribution in [0.4, 0.5) is 5.69 Å². The molecular weight excluding hydrogens is 246 g/mol. The minimum absolute atomic E-state index is 0.0314. The van der Waals surface area contributed by atoms with Crippen molar-refractivity contribution in [1.82, 2.24) is 0 Å². The number of hydrogen-bond donors (Lipinski definition) is 3. The molecule has 0 aromatic heterocycles. The fourth-order valence-electron chi connectivity index (χ4n) is 2.00. The van der Waals surface area contributed by atoms with E-state index in [2.05, 4.69) is 10.5 Å². The van der Waals surface area contributed by atoms with Crippen molar-refractivity contribution in [2.24, 2.45) is 10.9 Å². The smallest absolute Gasteiger partial charge is 0.256 e. The van der Waals surface area contributed by atoms with Crippen molar-refractivity contribution in [3.8, 4) is 0 Å². The molecule has 19 heavy (non-hydrogen) atoms. The predicted molar refractivity (Wildman–Crippen MR) is 71.2 cm³/mol. The van der Waals surface area contributed by atoms with Crippen LogP contribution in [-0.2, 0) is 9.53 Å². The van der Waals surface area contributed by atoms with E-state index in [0.717, 1.165) is 12.8 Å². The fourth-order valence-corrected chi connectivity index (χ4v) is 2.00. The minimum atomic E-state index is -0.746. The van der Waals surface area contributed by atoms with Gasteiger partial charge < -0.3 is 21.0 Å². The molecule has 6 nitrogen and oxygen atoms in total. The molecule has 1 aliphatic rings. The van der Waals surface area contributed by atoms with Crippen LogP contribution in [0.2, 0.25) is 0 Å². The van der Waals surface area contributed by atoms with E-state index in [1.165, 1.54) is 0 Å². The Kier molecular flexibility index (Phi) is 3.71. The lowest BCUT2D eigenvalue weighted by molar-refractivity contribution is -0.133. The standard InChI is InChI=1S/C13H17N3O3/c1-13(7-2-8-19-13)12(17)15-10-5-3-9(4-6-10)11(14)16-18/h3-6,18H,2,7-8H2,1H3,(H2,14,16)(H,15,17). The summed E-state index contributed by atoms with van der Waals surface area (Å²) in [6, 6.07) is 6.73. The van der Waals surface area contributed by atoms with Crippen LogP contribution in [0.1, 0.15) is 25.3 Å². The maximum Gasteiger partial charge on any atom is 0.256 e. The highest BCUT2D eigenvalue weighted by Crippen LogP contribution is 2.26. The Bertz CT molecular complexity index is 490. The molecule has 0 spiro atoms. The lowest BCUT2D eigenvalue weighted by Crippen LogP contribution is -2.39. The van der Waals surface area contributed by atoms with Gasteiger partial charge in [0.2, 0.25) is 0 Å². The maximum atomic E-state index is 12.1. The van der Waals surface area contributed by atoms with Gasteiger partial charge in [-0.25, -0.2) is 0 Å². The van der Waals surface area contributed by atoms with E-state index in [1.807, 2.05) is 0 Å². The number of nitrogens with two attached hydrogens (primary N) is 1. The van der Waals surface area contributed by atoms with Gasteiger partial charge in [-0.15, -0.1) is 0 Å². The highest BCUT2D eigenvalue weighted by Gasteiger charge is 2.37. The van der Waals surface area contributed by atoms with Gasteiger partial charge in [0.1, 0.15) is 5.60 Å². The Morgan fingerprint density at radius 1 is 1.47 bits per heavy atom. The molecule has 0 bridgehead atoms. The van der Waals surface area contributed by atoms with Gasteiger partial charge in [0.15, 0.2) is 5.84 Å². The van der Waals surface area contributed by atoms with Crippen LogP contribution in [0.25, 0.3) is 0 Å². The second-order valence-electron chi connectivity index (χ2n) is 4.70. The van der Waals surface area contributed by atoms with Crippen LogP contribution in [-0.4, -0.2) is 29.2 Å². The molecular formula is C13H17N3O3. The molecule has 4 N–H and O–H groups in total. The number of amides is 1. The molecule has 102 valence electrons. The van der Waals surface area contributed by atoms with Crippen molar-refractivity contribution < 1.29 is 14.7 Å². The topological polar surface area (TPSA) is 96.9 Å². The lowest BCUT2D eigenvalue weighted by atomic mass is 10.0. The van der Waals surface area contributed by atoms with Gasteiger partial charge in [-0.2, -0.15) is 0 Å². The Labute approximate surface area is 111 Å². The monoisotopic (exact) mass is 263 g/mol. The zero-order chi connectivity index (χ0) is 13.9. The summed E-state index contributed by atoms with van der Waals surface area (Å²) in [5.74, 6) is -0.120. The Morgan fingerprint density at radius 2 is 2.16 bits per heavy atom. The van der Waals surface area contributed by atoms with Gasteiger partial charge in [-0.3, -0.25) is 4.79 Å². The summed E-state index contributed by atoms with van der Waals surface area (Å²) in [6.07, 6.45) is 1.62. The Morgan fingerprint density at radius 3 is 2.68 bits per heavy atom. The number of nitrogens with one attached hydrogen (secondary N) is 1. The fraction of sp³-hybridized carbons (Fsp3) is 0.385. The SMILES string of the molecule is CC1(C(=O)Nc2ccc(C(N)=NO)cc2)CCCO1. The zero-order valence-corrected chi connectivity index (χ0v) is 10.7. The van der Waals surface area contributed by atoms with Gasteiger partial charge >= 0.3 is 0 Å². The number of oxime groups is 1. The summed E-state index contributed by atoms with van der Waals surface area (Å²) >= 11 is 0. The van der Waals surface area contributed by atoms with E-state index in [0.29, 0.717) is 17.9 Å². The second-order valence-corrected chi connectivity index (χ2v) is 4.70. The molecule has 2 rings (SSSR count). The van der Waals surface area contributed by atoms with Gasteiger partial charge in [0.05, 0.1) is 0 Å². The van der Waals surface area contributed by atoms with Crippen LogP contribution < -0.4 is 11.1 Å². The molecule has 0 aliphatic carbocycles. The van der Waals surface area contributed by atoms with Crippen molar-refractivity contribution in [3.63, 3.8) is 0 Å². The number of ether oxygens (including phenoxy) is 1. The molecule has 1 amide bonds. The number of rotatable bonds is 3. The molecule has 1 unspecified atom stereocenters. The van der Waals surface area contributed by atoms with E-state index in [9.17, 15) is 4.79 Å². The average Bonchev–Trinajstić information content (AvgIpc) is 2.87. The third kappa shape index (κ3) is 2.85. The number of benzene rings is 1. The molecule has 1 saturated heterocycles. The van der Waals surface area contributed by atoms with Gasteiger partial charge in [-0.05, 0) is 44.0 Å². The predicted octanol–water partition coefficient (Wildman–Crippen LogP) is 1.29. The third-order valence-electron chi connectivity index (χ3n) is 3.25. The molecule has 1 fully saturated rings. The molecule has 0 saturated carbocycles. The van der Waals surface area contributed by atoms with Crippen LogP contribution in [0.3, 0.4) is 0 Å². The summed E-state index contributed by atoms with van der Waals surface area (Å²) in [4.78, 5) is 12.1. The summed E-state index contributed by atoms with van der Waals surface area (Å²) in [6.45, 7) is 2.41. The van der Waals surface area contributed by atoms with Gasteiger partial charge in [0, 0.05) is 17.9 Å². The van der Waals surface area contributed by atoms with E-state index in [-0.39, 0.29) is 11.7 Å². The third-order valence-corrected chi connectivity index (χ3v) is 3.25. The molecule has 6 heteroatoms. The first kappa shape index (κ1) is 13.4. The van der Waals surface area contributed by atoms with Crippen LogP contribution in [0, 0.1) is 0 Å². The zero-order valence-electron chi connectivity index (χ0n) is 10.7. The van der Waals surface area contributed by atoms with Crippen LogP contribution in [0.5, 0.6) is 0 Å². The summed E-state index contributed by atoms with van der Waals surface area (Å²) in [5, 5.41) is 14.3. The maximum absolute atomic E-state index is 12.1. The van der Waals surface area contributed by atoms with E-state index in [1.54, 1.807) is 31.2 Å². The van der Waals surface area contributed by atoms with Gasteiger partial charge in [0.25, 0.3) is 5.91 Å². The highest BCUT2D eigenvalue weighted by molar-refractivity contribution is 5.99.